The maximum Gasteiger partial charge on any atom is 0.130 e. The van der Waals surface area contributed by atoms with Crippen molar-refractivity contribution < 1.29 is 4.74 Å². The topological polar surface area (TPSA) is 25.4 Å². The smallest absolute Gasteiger partial charge is 0.130 e. The highest BCUT2D eigenvalue weighted by molar-refractivity contribution is 6.29. The van der Waals surface area contributed by atoms with Crippen molar-refractivity contribution in [3.63, 3.8) is 0 Å². The van der Waals surface area contributed by atoms with Crippen LogP contribution in [-0.4, -0.2) is 24.1 Å². The third kappa shape index (κ3) is 3.69. The number of methoxy groups -OCH3 is 1. The third-order valence-corrected chi connectivity index (χ3v) is 5.33. The molecule has 0 radical (unpaired) electrons. The molecule has 1 aliphatic rings. The number of halogens is 1. The highest BCUT2D eigenvalue weighted by Crippen LogP contribution is 2.39. The van der Waals surface area contributed by atoms with Crippen molar-refractivity contribution in [1.82, 2.24) is 4.98 Å². The van der Waals surface area contributed by atoms with Crippen molar-refractivity contribution in [3.05, 3.63) is 89.7 Å². The Morgan fingerprint density at radius 2 is 1.96 bits per heavy atom. The van der Waals surface area contributed by atoms with E-state index in [1.165, 1.54) is 11.1 Å². The maximum absolute atomic E-state index is 6.97. The quantitative estimate of drug-likeness (QED) is 0.448. The summed E-state index contributed by atoms with van der Waals surface area (Å²) in [6.07, 6.45) is 6.78. The first-order chi connectivity index (χ1) is 13.3. The lowest BCUT2D eigenvalue weighted by atomic mass is 9.96. The summed E-state index contributed by atoms with van der Waals surface area (Å²) in [5.41, 5.74) is 5.46. The predicted molar refractivity (Wildman–Crippen MR) is 112 cm³/mol. The van der Waals surface area contributed by atoms with Crippen molar-refractivity contribution in [2.45, 2.75) is 11.9 Å². The van der Waals surface area contributed by atoms with Gasteiger partial charge in [-0.15, -0.1) is 0 Å². The zero-order valence-corrected chi connectivity index (χ0v) is 15.9. The van der Waals surface area contributed by atoms with Gasteiger partial charge in [-0.2, -0.15) is 0 Å². The van der Waals surface area contributed by atoms with Crippen molar-refractivity contribution in [1.29, 1.82) is 0 Å². The molecule has 2 heterocycles. The molecule has 136 valence electrons. The van der Waals surface area contributed by atoms with Crippen LogP contribution in [0.3, 0.4) is 0 Å². The first-order valence-electron chi connectivity index (χ1n) is 9.01. The number of aromatic nitrogens is 1. The number of para-hydroxylation sites is 1. The molecular weight excluding hydrogens is 356 g/mol. The number of alkyl halides is 1. The molecule has 4 heteroatoms. The Kier molecular flexibility index (Phi) is 5.12. The Morgan fingerprint density at radius 3 is 2.78 bits per heavy atom. The number of pyridine rings is 1. The molecule has 0 spiro atoms. The fourth-order valence-electron chi connectivity index (χ4n) is 3.45. The van der Waals surface area contributed by atoms with Gasteiger partial charge in [-0.05, 0) is 59.0 Å². The van der Waals surface area contributed by atoms with E-state index >= 15 is 0 Å². The number of ether oxygens (including phenoxy) is 1. The Bertz CT molecular complexity index is 955. The van der Waals surface area contributed by atoms with Gasteiger partial charge in [-0.1, -0.05) is 48.0 Å². The number of anilines is 1. The molecule has 0 saturated heterocycles. The Labute approximate surface area is 164 Å². The molecule has 0 amide bonds. The fraction of sp³-hybridized carbons (Fsp3) is 0.174. The molecule has 2 aromatic carbocycles. The Morgan fingerprint density at radius 1 is 1.07 bits per heavy atom. The molecule has 1 aliphatic heterocycles. The lowest BCUT2D eigenvalue weighted by Gasteiger charge is -2.36. The van der Waals surface area contributed by atoms with Gasteiger partial charge in [0.05, 0.1) is 7.11 Å². The van der Waals surface area contributed by atoms with E-state index in [0.29, 0.717) is 0 Å². The lowest BCUT2D eigenvalue weighted by molar-refractivity contribution is 0.414. The highest BCUT2D eigenvalue weighted by atomic mass is 35.5. The van der Waals surface area contributed by atoms with Gasteiger partial charge >= 0.3 is 0 Å². The molecule has 3 aromatic rings. The van der Waals surface area contributed by atoms with Gasteiger partial charge in [0.1, 0.15) is 11.3 Å². The average molecular weight is 377 g/mol. The van der Waals surface area contributed by atoms with Crippen LogP contribution in [0, 0.1) is 0 Å². The highest BCUT2D eigenvalue weighted by Gasteiger charge is 2.27. The minimum absolute atomic E-state index is 0.247. The normalized spacial score (nSPS) is 15.9. The zero-order valence-electron chi connectivity index (χ0n) is 15.2. The molecular formula is C23H21ClN2O. The second-order valence-corrected chi connectivity index (χ2v) is 6.94. The first-order valence-corrected chi connectivity index (χ1v) is 9.44. The summed E-state index contributed by atoms with van der Waals surface area (Å²) < 4.78 is 5.39. The first kappa shape index (κ1) is 17.6. The summed E-state index contributed by atoms with van der Waals surface area (Å²) in [5, 5.41) is 0. The van der Waals surface area contributed by atoms with E-state index in [9.17, 15) is 0 Å². The SMILES string of the molecule is COc1cccc(C2=Cc3ccccc3N(CCc3cccnc3)C2Cl)c1. The number of hydrogen-bond donors (Lipinski definition) is 0. The van der Waals surface area contributed by atoms with Gasteiger partial charge in [0.2, 0.25) is 0 Å². The molecule has 0 saturated carbocycles. The van der Waals surface area contributed by atoms with Gasteiger partial charge < -0.3 is 9.64 Å². The fourth-order valence-corrected chi connectivity index (χ4v) is 3.84. The molecule has 4 rings (SSSR count). The van der Waals surface area contributed by atoms with Gasteiger partial charge in [0, 0.05) is 24.6 Å². The Balaban J connectivity index is 1.68. The molecule has 3 nitrogen and oxygen atoms in total. The molecule has 1 unspecified atom stereocenters. The van der Waals surface area contributed by atoms with E-state index in [1.54, 1.807) is 13.3 Å². The number of hydrogen-bond acceptors (Lipinski definition) is 3. The average Bonchev–Trinajstić information content (AvgIpc) is 2.73. The van der Waals surface area contributed by atoms with Crippen molar-refractivity contribution >= 4 is 28.9 Å². The van der Waals surface area contributed by atoms with Gasteiger partial charge in [-0.3, -0.25) is 4.98 Å². The summed E-state index contributed by atoms with van der Waals surface area (Å²) in [6.45, 7) is 0.818. The number of benzene rings is 2. The maximum atomic E-state index is 6.97. The second kappa shape index (κ2) is 7.85. The molecule has 0 bridgehead atoms. The second-order valence-electron chi connectivity index (χ2n) is 6.53. The van der Waals surface area contributed by atoms with Crippen LogP contribution in [0.15, 0.2) is 73.1 Å². The third-order valence-electron chi connectivity index (χ3n) is 4.85. The summed E-state index contributed by atoms with van der Waals surface area (Å²) in [7, 11) is 1.68. The van der Waals surface area contributed by atoms with Crippen LogP contribution < -0.4 is 9.64 Å². The van der Waals surface area contributed by atoms with Gasteiger partial charge in [0.15, 0.2) is 0 Å². The van der Waals surface area contributed by atoms with Gasteiger partial charge in [-0.25, -0.2) is 0 Å². The molecule has 0 aliphatic carbocycles. The Hall–Kier alpha value is -2.78. The summed E-state index contributed by atoms with van der Waals surface area (Å²) >= 11 is 6.97. The monoisotopic (exact) mass is 376 g/mol. The molecule has 1 aromatic heterocycles. The van der Waals surface area contributed by atoms with Crippen LogP contribution >= 0.6 is 11.6 Å². The van der Waals surface area contributed by atoms with Crippen LogP contribution in [0.4, 0.5) is 5.69 Å². The number of nitrogens with zero attached hydrogens (tertiary/aromatic N) is 2. The molecule has 0 fully saturated rings. The van der Waals surface area contributed by atoms with Crippen molar-refractivity contribution in [3.8, 4) is 5.75 Å². The minimum atomic E-state index is -0.247. The van der Waals surface area contributed by atoms with E-state index in [1.807, 2.05) is 30.5 Å². The summed E-state index contributed by atoms with van der Waals surface area (Å²) in [6, 6.07) is 20.5. The van der Waals surface area contributed by atoms with Crippen LogP contribution in [0.5, 0.6) is 5.75 Å². The molecule has 1 atom stereocenters. The lowest BCUT2D eigenvalue weighted by Crippen LogP contribution is -2.36. The summed E-state index contributed by atoms with van der Waals surface area (Å²) in [5.74, 6) is 0.832. The number of fused-ring (bicyclic) bond motifs is 1. The molecule has 27 heavy (non-hydrogen) atoms. The van der Waals surface area contributed by atoms with Crippen LogP contribution in [-0.2, 0) is 6.42 Å². The number of rotatable bonds is 5. The summed E-state index contributed by atoms with van der Waals surface area (Å²) in [4.78, 5) is 6.48. The van der Waals surface area contributed by atoms with Crippen molar-refractivity contribution in [2.24, 2.45) is 0 Å². The van der Waals surface area contributed by atoms with E-state index < -0.39 is 0 Å². The zero-order chi connectivity index (χ0) is 18.6. The van der Waals surface area contributed by atoms with E-state index in [0.717, 1.165) is 35.5 Å². The largest absolute Gasteiger partial charge is 0.497 e. The van der Waals surface area contributed by atoms with Crippen molar-refractivity contribution in [2.75, 3.05) is 18.6 Å². The molecule has 0 N–H and O–H groups in total. The van der Waals surface area contributed by atoms with Crippen LogP contribution in [0.1, 0.15) is 16.7 Å². The standard InChI is InChI=1S/C23H21ClN2O/c1-27-20-9-4-8-18(14-20)21-15-19-7-2-3-10-22(19)26(23(21)24)13-11-17-6-5-12-25-16-17/h2-10,12,14-16,23H,11,13H2,1H3. The van der Waals surface area contributed by atoms with Crippen LogP contribution in [0.2, 0.25) is 0 Å². The van der Waals surface area contributed by atoms with Crippen LogP contribution in [0.25, 0.3) is 11.6 Å². The van der Waals surface area contributed by atoms with E-state index in [2.05, 4.69) is 52.4 Å². The van der Waals surface area contributed by atoms with E-state index in [4.69, 9.17) is 16.3 Å². The predicted octanol–water partition coefficient (Wildman–Crippen LogP) is 5.26. The van der Waals surface area contributed by atoms with Gasteiger partial charge in [0.25, 0.3) is 0 Å². The van der Waals surface area contributed by atoms with E-state index in [-0.39, 0.29) is 5.50 Å². The minimum Gasteiger partial charge on any atom is -0.497 e.